The zero-order valence-corrected chi connectivity index (χ0v) is 21.2. The quantitative estimate of drug-likeness (QED) is 0.115. The molecule has 0 saturated heterocycles. The van der Waals surface area contributed by atoms with Crippen LogP contribution in [0.1, 0.15) is 70.8 Å². The van der Waals surface area contributed by atoms with Crippen LogP contribution in [0.25, 0.3) is 16.5 Å². The van der Waals surface area contributed by atoms with Gasteiger partial charge in [-0.2, -0.15) is 0 Å². The van der Waals surface area contributed by atoms with Crippen molar-refractivity contribution in [1.82, 2.24) is 0 Å². The largest absolute Gasteiger partial charge is 0.496 e. The second kappa shape index (κ2) is 13.4. The molecule has 2 aliphatic carbocycles. The van der Waals surface area contributed by atoms with Crippen LogP contribution in [0.4, 0.5) is 0 Å². The Labute approximate surface area is 211 Å². The maximum atomic E-state index is 11.8. The smallest absolute Gasteiger partial charge is 0.340 e. The Balaban J connectivity index is 0.000000221. The summed E-state index contributed by atoms with van der Waals surface area (Å²) in [4.78, 5) is 25.3. The number of esters is 1. The maximum Gasteiger partial charge on any atom is 0.340 e. The topological polar surface area (TPSA) is 111 Å². The summed E-state index contributed by atoms with van der Waals surface area (Å²) < 4.78 is 15.5. The van der Waals surface area contributed by atoms with E-state index < -0.39 is 5.97 Å². The minimum atomic E-state index is -0.639. The third kappa shape index (κ3) is 6.67. The van der Waals surface area contributed by atoms with E-state index in [0.717, 1.165) is 44.0 Å². The Hall–Kier alpha value is -3.77. The average Bonchev–Trinajstić information content (AvgIpc) is 2.92. The molecule has 0 aromatic heterocycles. The molecular weight excluding hydrogens is 458 g/mol. The lowest BCUT2D eigenvalue weighted by atomic mass is 9.90. The second-order valence-electron chi connectivity index (χ2n) is 8.70. The number of aryl methyl sites for hydroxylation is 4. The Kier molecular flexibility index (Phi) is 9.95. The van der Waals surface area contributed by atoms with Crippen LogP contribution in [0.5, 0.6) is 11.5 Å². The lowest BCUT2D eigenvalue weighted by molar-refractivity contribution is -0.138. The molecule has 8 nitrogen and oxygen atoms in total. The van der Waals surface area contributed by atoms with Gasteiger partial charge in [0, 0.05) is 10.5 Å². The van der Waals surface area contributed by atoms with Gasteiger partial charge < -0.3 is 14.2 Å². The van der Waals surface area contributed by atoms with Gasteiger partial charge in [-0.25, -0.2) is 4.79 Å². The molecule has 4 rings (SSSR count). The van der Waals surface area contributed by atoms with Crippen molar-refractivity contribution in [3.05, 3.63) is 73.8 Å². The number of hydrogen-bond donors (Lipinski definition) is 0. The van der Waals surface area contributed by atoms with Crippen LogP contribution < -0.4 is 9.47 Å². The fraction of sp³-hybridized carbons (Fsp3) is 0.429. The number of rotatable bonds is 7. The summed E-state index contributed by atoms with van der Waals surface area (Å²) in [6.45, 7) is 1.92. The Bertz CT molecular complexity index is 1180. The summed E-state index contributed by atoms with van der Waals surface area (Å²) in [5.41, 5.74) is 15.1. The highest BCUT2D eigenvalue weighted by Crippen LogP contribution is 2.31. The van der Waals surface area contributed by atoms with Crippen molar-refractivity contribution >= 4 is 18.3 Å². The number of carbonyl (C=O) groups is 2. The van der Waals surface area contributed by atoms with E-state index >= 15 is 0 Å². The van der Waals surface area contributed by atoms with Gasteiger partial charge in [0.2, 0.25) is 0 Å². The summed E-state index contributed by atoms with van der Waals surface area (Å²) in [7, 11) is 3.19. The molecule has 2 aromatic rings. The number of azide groups is 1. The molecule has 0 saturated carbocycles. The van der Waals surface area contributed by atoms with Gasteiger partial charge in [0.15, 0.2) is 6.29 Å². The molecule has 0 heterocycles. The van der Waals surface area contributed by atoms with Crippen LogP contribution in [0.2, 0.25) is 0 Å². The van der Waals surface area contributed by atoms with E-state index in [4.69, 9.17) is 19.7 Å². The van der Waals surface area contributed by atoms with Gasteiger partial charge in [-0.05, 0) is 116 Å². The predicted octanol–water partition coefficient (Wildman–Crippen LogP) is 6.17. The molecule has 2 aromatic carbocycles. The summed E-state index contributed by atoms with van der Waals surface area (Å²) in [6, 6.07) is 7.98. The molecule has 0 unspecified atom stereocenters. The lowest BCUT2D eigenvalue weighted by Gasteiger charge is -2.18. The molecule has 0 atom stereocenters. The number of carbonyl (C=O) groups excluding carboxylic acids is 2. The van der Waals surface area contributed by atoms with E-state index in [1.807, 2.05) is 24.3 Å². The first-order valence-corrected chi connectivity index (χ1v) is 12.3. The van der Waals surface area contributed by atoms with Crippen LogP contribution in [0, 0.1) is 0 Å². The Morgan fingerprint density at radius 3 is 1.81 bits per heavy atom. The number of fused-ring (bicyclic) bond motifs is 2. The molecule has 0 amide bonds. The summed E-state index contributed by atoms with van der Waals surface area (Å²) in [6.07, 6.45) is 11.5. The van der Waals surface area contributed by atoms with E-state index in [-0.39, 0.29) is 12.3 Å². The van der Waals surface area contributed by atoms with E-state index in [9.17, 15) is 9.59 Å². The normalized spacial score (nSPS) is 14.1. The van der Waals surface area contributed by atoms with Gasteiger partial charge in [-0.3, -0.25) is 4.79 Å². The molecule has 0 fully saturated rings. The second-order valence-corrected chi connectivity index (χ2v) is 8.70. The molecule has 0 aliphatic heterocycles. The molecule has 0 radical (unpaired) electrons. The van der Waals surface area contributed by atoms with E-state index in [2.05, 4.69) is 10.0 Å². The molecule has 0 N–H and O–H groups in total. The Morgan fingerprint density at radius 2 is 1.36 bits per heavy atom. The highest BCUT2D eigenvalue weighted by molar-refractivity contribution is 5.93. The van der Waals surface area contributed by atoms with Gasteiger partial charge in [-0.15, -0.1) is 0 Å². The minimum Gasteiger partial charge on any atom is -0.496 e. The highest BCUT2D eigenvalue weighted by atomic mass is 16.5. The van der Waals surface area contributed by atoms with Crippen LogP contribution in [-0.2, 0) is 35.2 Å². The number of methoxy groups -OCH3 is 2. The zero-order chi connectivity index (χ0) is 25.9. The fourth-order valence-electron chi connectivity index (χ4n) is 4.65. The van der Waals surface area contributed by atoms with E-state index in [1.165, 1.54) is 47.6 Å². The zero-order valence-electron chi connectivity index (χ0n) is 21.2. The first kappa shape index (κ1) is 26.8. The Morgan fingerprint density at radius 1 is 0.889 bits per heavy atom. The number of nitrogens with zero attached hydrogens (tertiary/aromatic N) is 3. The highest BCUT2D eigenvalue weighted by Gasteiger charge is 2.16. The lowest BCUT2D eigenvalue weighted by Crippen LogP contribution is -2.07. The van der Waals surface area contributed by atoms with E-state index in [0.29, 0.717) is 17.1 Å². The first-order chi connectivity index (χ1) is 17.5. The van der Waals surface area contributed by atoms with Gasteiger partial charge in [0.1, 0.15) is 17.2 Å². The predicted molar refractivity (Wildman–Crippen MR) is 138 cm³/mol. The molecule has 190 valence electrons. The first-order valence-electron chi connectivity index (χ1n) is 12.3. The number of aldehydes is 1. The van der Waals surface area contributed by atoms with Crippen molar-refractivity contribution in [3.63, 3.8) is 0 Å². The molecule has 8 heteroatoms. The van der Waals surface area contributed by atoms with Gasteiger partial charge >= 0.3 is 5.97 Å². The summed E-state index contributed by atoms with van der Waals surface area (Å²) in [5.74, 6) is 0.733. The maximum absolute atomic E-state index is 11.8. The van der Waals surface area contributed by atoms with Gasteiger partial charge in [0.05, 0.1) is 26.4 Å². The number of hydrogen-bond acceptors (Lipinski definition) is 6. The van der Waals surface area contributed by atoms with Crippen molar-refractivity contribution in [2.45, 2.75) is 58.3 Å². The van der Waals surface area contributed by atoms with Gasteiger partial charge in [0.25, 0.3) is 0 Å². The summed E-state index contributed by atoms with van der Waals surface area (Å²) in [5, 5.41) is 3.44. The van der Waals surface area contributed by atoms with Gasteiger partial charge in [-0.1, -0.05) is 5.11 Å². The molecule has 2 aliphatic rings. The third-order valence-electron chi connectivity index (χ3n) is 6.44. The van der Waals surface area contributed by atoms with Crippen molar-refractivity contribution in [2.75, 3.05) is 20.8 Å². The van der Waals surface area contributed by atoms with Crippen molar-refractivity contribution in [1.29, 1.82) is 0 Å². The van der Waals surface area contributed by atoms with Crippen LogP contribution >= 0.6 is 0 Å². The number of ether oxygens (including phenoxy) is 3. The van der Waals surface area contributed by atoms with E-state index in [1.54, 1.807) is 21.1 Å². The number of benzene rings is 2. The minimum absolute atomic E-state index is 0.0709. The van der Waals surface area contributed by atoms with Crippen molar-refractivity contribution in [3.8, 4) is 11.5 Å². The third-order valence-corrected chi connectivity index (χ3v) is 6.44. The van der Waals surface area contributed by atoms with Crippen molar-refractivity contribution < 1.29 is 23.8 Å². The van der Waals surface area contributed by atoms with Crippen LogP contribution in [0.3, 0.4) is 0 Å². The molecule has 0 bridgehead atoms. The molecular formula is C28H33N3O5. The molecule has 36 heavy (non-hydrogen) atoms. The van der Waals surface area contributed by atoms with Crippen molar-refractivity contribution in [2.24, 2.45) is 5.11 Å². The average molecular weight is 492 g/mol. The standard InChI is InChI=1S/C16H19N3O3.C12H14O2/c1-3-22-16(20)14(18-19-17)9-13-8-11-6-4-5-7-12(11)10-15(13)21-2;1-14-12-7-10-5-3-2-4-9(10)6-11(12)8-13/h8-10H,3-7H2,1-2H3;6-8H,2-5H2,1H3/b14-9-;. The van der Waals surface area contributed by atoms with Crippen LogP contribution in [-0.4, -0.2) is 33.1 Å². The molecule has 0 spiro atoms. The fourth-order valence-corrected chi connectivity index (χ4v) is 4.65. The van der Waals surface area contributed by atoms with Crippen LogP contribution in [0.15, 0.2) is 35.1 Å². The monoisotopic (exact) mass is 491 g/mol. The summed E-state index contributed by atoms with van der Waals surface area (Å²) >= 11 is 0. The SMILES string of the molecule is CCOC(=O)/C(=C/c1cc2c(cc1OC)CCCC2)N=[N+]=[N-].COc1cc2c(cc1C=O)CCCC2.